The molecule has 0 aromatic heterocycles. The number of aryl methyl sites for hydroxylation is 1. The second-order valence-corrected chi connectivity index (χ2v) is 5.87. The maximum absolute atomic E-state index is 12.5. The Bertz CT molecular complexity index is 501. The predicted octanol–water partition coefficient (Wildman–Crippen LogP) is 3.71. The van der Waals surface area contributed by atoms with Crippen molar-refractivity contribution in [3.63, 3.8) is 0 Å². The van der Waals surface area contributed by atoms with E-state index in [0.29, 0.717) is 6.61 Å². The van der Waals surface area contributed by atoms with Crippen molar-refractivity contribution < 1.29 is 9.53 Å². The van der Waals surface area contributed by atoms with Crippen LogP contribution in [0.4, 0.5) is 5.69 Å². The molecule has 1 aromatic carbocycles. The maximum atomic E-state index is 12.5. The first kappa shape index (κ1) is 15.3. The fraction of sp³-hybridized carbons (Fsp3) is 0.438. The van der Waals surface area contributed by atoms with Gasteiger partial charge in [0, 0.05) is 16.7 Å². The number of amides is 1. The van der Waals surface area contributed by atoms with Gasteiger partial charge in [-0.1, -0.05) is 22.0 Å². The number of benzene rings is 1. The summed E-state index contributed by atoms with van der Waals surface area (Å²) in [6.07, 6.45) is 4.16. The molecule has 108 valence electrons. The highest BCUT2D eigenvalue weighted by Gasteiger charge is 2.26. The Morgan fingerprint density at radius 3 is 3.15 bits per heavy atom. The van der Waals surface area contributed by atoms with Crippen LogP contribution in [-0.4, -0.2) is 25.2 Å². The summed E-state index contributed by atoms with van der Waals surface area (Å²) in [5.41, 5.74) is 2.24. The normalized spacial score (nSPS) is 15.6. The molecule has 0 spiro atoms. The van der Waals surface area contributed by atoms with Crippen LogP contribution in [-0.2, 0) is 16.0 Å². The van der Waals surface area contributed by atoms with Crippen molar-refractivity contribution >= 4 is 27.5 Å². The average molecular weight is 338 g/mol. The number of anilines is 1. The summed E-state index contributed by atoms with van der Waals surface area (Å²) in [5.74, 6) is 0.0392. The van der Waals surface area contributed by atoms with Crippen LogP contribution in [0, 0.1) is 0 Å². The number of fused-ring (bicyclic) bond motifs is 1. The molecule has 1 aromatic rings. The fourth-order valence-corrected chi connectivity index (χ4v) is 2.82. The van der Waals surface area contributed by atoms with Crippen molar-refractivity contribution in [2.75, 3.05) is 18.1 Å². The van der Waals surface area contributed by atoms with Gasteiger partial charge in [-0.15, -0.1) is 6.58 Å². The Morgan fingerprint density at radius 1 is 1.60 bits per heavy atom. The van der Waals surface area contributed by atoms with Crippen LogP contribution in [0.3, 0.4) is 0 Å². The first-order chi connectivity index (χ1) is 9.63. The van der Waals surface area contributed by atoms with E-state index >= 15 is 0 Å². The van der Waals surface area contributed by atoms with Crippen LogP contribution in [0.5, 0.6) is 0 Å². The van der Waals surface area contributed by atoms with Gasteiger partial charge in [-0.3, -0.25) is 4.79 Å². The number of rotatable bonds is 5. The zero-order valence-electron chi connectivity index (χ0n) is 11.8. The van der Waals surface area contributed by atoms with Crippen molar-refractivity contribution in [3.05, 3.63) is 40.9 Å². The van der Waals surface area contributed by atoms with Crippen LogP contribution in [0.25, 0.3) is 0 Å². The average Bonchev–Trinajstić information content (AvgIpc) is 2.45. The molecule has 0 radical (unpaired) electrons. The SMILES string of the molecule is C=CCCOC(C)C(=O)N1CCCc2cc(Br)ccc21. The van der Waals surface area contributed by atoms with E-state index in [4.69, 9.17) is 4.74 Å². The molecule has 3 nitrogen and oxygen atoms in total. The molecule has 1 amide bonds. The van der Waals surface area contributed by atoms with Crippen molar-refractivity contribution in [3.8, 4) is 0 Å². The molecule has 0 aliphatic carbocycles. The summed E-state index contributed by atoms with van der Waals surface area (Å²) in [5, 5.41) is 0. The molecular weight excluding hydrogens is 318 g/mol. The molecule has 0 saturated carbocycles. The standard InChI is InChI=1S/C16H20BrNO2/c1-3-4-10-20-12(2)16(19)18-9-5-6-13-11-14(17)7-8-15(13)18/h3,7-8,11-12H,1,4-6,9-10H2,2H3. The number of hydrogen-bond donors (Lipinski definition) is 0. The Hall–Kier alpha value is -1.13. The third-order valence-electron chi connectivity index (χ3n) is 3.46. The van der Waals surface area contributed by atoms with E-state index in [0.717, 1.165) is 36.0 Å². The summed E-state index contributed by atoms with van der Waals surface area (Å²) in [4.78, 5) is 14.4. The van der Waals surface area contributed by atoms with Crippen molar-refractivity contribution in [2.24, 2.45) is 0 Å². The lowest BCUT2D eigenvalue weighted by Gasteiger charge is -2.31. The van der Waals surface area contributed by atoms with Gasteiger partial charge in [0.25, 0.3) is 5.91 Å². The van der Waals surface area contributed by atoms with Crippen LogP contribution in [0.2, 0.25) is 0 Å². The van der Waals surface area contributed by atoms with Crippen molar-refractivity contribution in [1.29, 1.82) is 0 Å². The van der Waals surface area contributed by atoms with Gasteiger partial charge in [-0.25, -0.2) is 0 Å². The Labute approximate surface area is 128 Å². The smallest absolute Gasteiger partial charge is 0.255 e. The molecule has 0 saturated heterocycles. The van der Waals surface area contributed by atoms with E-state index in [9.17, 15) is 4.79 Å². The number of hydrogen-bond acceptors (Lipinski definition) is 2. The minimum Gasteiger partial charge on any atom is -0.368 e. The molecule has 2 rings (SSSR count). The molecule has 0 fully saturated rings. The summed E-state index contributed by atoms with van der Waals surface area (Å²) in [7, 11) is 0. The topological polar surface area (TPSA) is 29.5 Å². The van der Waals surface area contributed by atoms with Crippen LogP contribution in [0.15, 0.2) is 35.3 Å². The minimum absolute atomic E-state index is 0.0392. The lowest BCUT2D eigenvalue weighted by Crippen LogP contribution is -2.42. The maximum Gasteiger partial charge on any atom is 0.255 e. The number of carbonyl (C=O) groups is 1. The van der Waals surface area contributed by atoms with E-state index < -0.39 is 6.10 Å². The van der Waals surface area contributed by atoms with Gasteiger partial charge in [0.1, 0.15) is 6.10 Å². The molecule has 1 aliphatic heterocycles. The molecule has 1 heterocycles. The van der Waals surface area contributed by atoms with E-state index in [1.165, 1.54) is 5.56 Å². The highest BCUT2D eigenvalue weighted by Crippen LogP contribution is 2.30. The lowest BCUT2D eigenvalue weighted by molar-refractivity contribution is -0.129. The van der Waals surface area contributed by atoms with Gasteiger partial charge < -0.3 is 9.64 Å². The number of nitrogens with zero attached hydrogens (tertiary/aromatic N) is 1. The van der Waals surface area contributed by atoms with Crippen LogP contribution in [0.1, 0.15) is 25.3 Å². The second kappa shape index (κ2) is 7.04. The quantitative estimate of drug-likeness (QED) is 0.605. The molecule has 1 atom stereocenters. The van der Waals surface area contributed by atoms with E-state index in [1.54, 1.807) is 6.08 Å². The highest BCUT2D eigenvalue weighted by molar-refractivity contribution is 9.10. The third kappa shape index (κ3) is 3.49. The summed E-state index contributed by atoms with van der Waals surface area (Å²) < 4.78 is 6.62. The van der Waals surface area contributed by atoms with Crippen LogP contribution >= 0.6 is 15.9 Å². The number of ether oxygens (including phenoxy) is 1. The van der Waals surface area contributed by atoms with E-state index in [-0.39, 0.29) is 5.91 Å². The minimum atomic E-state index is -0.412. The molecule has 1 unspecified atom stereocenters. The van der Waals surface area contributed by atoms with Crippen molar-refractivity contribution in [2.45, 2.75) is 32.3 Å². The number of halogens is 1. The zero-order valence-corrected chi connectivity index (χ0v) is 13.4. The summed E-state index contributed by atoms with van der Waals surface area (Å²) >= 11 is 3.48. The van der Waals surface area contributed by atoms with Crippen LogP contribution < -0.4 is 4.90 Å². The monoisotopic (exact) mass is 337 g/mol. The van der Waals surface area contributed by atoms with Gasteiger partial charge in [0.05, 0.1) is 6.61 Å². The van der Waals surface area contributed by atoms with E-state index in [2.05, 4.69) is 28.6 Å². The lowest BCUT2D eigenvalue weighted by atomic mass is 10.0. The van der Waals surface area contributed by atoms with Gasteiger partial charge in [0.15, 0.2) is 0 Å². The Balaban J connectivity index is 2.10. The third-order valence-corrected chi connectivity index (χ3v) is 3.96. The molecule has 1 aliphatic rings. The van der Waals surface area contributed by atoms with Gasteiger partial charge in [0.2, 0.25) is 0 Å². The predicted molar refractivity (Wildman–Crippen MR) is 85.0 cm³/mol. The van der Waals surface area contributed by atoms with Crippen molar-refractivity contribution in [1.82, 2.24) is 0 Å². The Morgan fingerprint density at radius 2 is 2.40 bits per heavy atom. The molecule has 0 N–H and O–H groups in total. The summed E-state index contributed by atoms with van der Waals surface area (Å²) in [6.45, 7) is 6.77. The first-order valence-corrected chi connectivity index (χ1v) is 7.75. The fourth-order valence-electron chi connectivity index (χ4n) is 2.41. The summed E-state index contributed by atoms with van der Waals surface area (Å²) in [6, 6.07) is 6.08. The largest absolute Gasteiger partial charge is 0.368 e. The zero-order chi connectivity index (χ0) is 14.5. The van der Waals surface area contributed by atoms with Gasteiger partial charge >= 0.3 is 0 Å². The molecular formula is C16H20BrNO2. The molecule has 0 bridgehead atoms. The highest BCUT2D eigenvalue weighted by atomic mass is 79.9. The van der Waals surface area contributed by atoms with Gasteiger partial charge in [-0.05, 0) is 49.9 Å². The second-order valence-electron chi connectivity index (χ2n) is 4.96. The molecule has 4 heteroatoms. The first-order valence-electron chi connectivity index (χ1n) is 6.96. The molecule has 20 heavy (non-hydrogen) atoms. The van der Waals surface area contributed by atoms with Gasteiger partial charge in [-0.2, -0.15) is 0 Å². The Kier molecular flexibility index (Phi) is 5.38. The van der Waals surface area contributed by atoms with E-state index in [1.807, 2.05) is 24.0 Å². The number of carbonyl (C=O) groups excluding carboxylic acids is 1.